The van der Waals surface area contributed by atoms with E-state index in [1.807, 2.05) is 76.8 Å². The van der Waals surface area contributed by atoms with Crippen molar-refractivity contribution in [1.29, 1.82) is 0 Å². The first-order valence-corrected chi connectivity index (χ1v) is 9.16. The number of ether oxygens (including phenoxy) is 1. The standard InChI is InChI=1S/C20H17N3O2S/c24-19(10-12-25-17-4-2-1-3-5-17)21-16-8-6-15(7-9-16)18-14-23-11-13-26-20(23)22-18/h1-9,11,13-14H,10,12H2,(H,21,24). The van der Waals surface area contributed by atoms with E-state index in [0.29, 0.717) is 13.0 Å². The number of anilines is 1. The largest absolute Gasteiger partial charge is 0.493 e. The maximum absolute atomic E-state index is 12.0. The Morgan fingerprint density at radius 2 is 1.92 bits per heavy atom. The van der Waals surface area contributed by atoms with Gasteiger partial charge in [-0.05, 0) is 24.3 Å². The topological polar surface area (TPSA) is 55.6 Å². The van der Waals surface area contributed by atoms with Crippen molar-refractivity contribution in [3.8, 4) is 17.0 Å². The number of imidazole rings is 1. The Morgan fingerprint density at radius 1 is 1.12 bits per heavy atom. The second kappa shape index (κ2) is 7.41. The van der Waals surface area contributed by atoms with Crippen LogP contribution in [0.5, 0.6) is 5.75 Å². The SMILES string of the molecule is O=C(CCOc1ccccc1)Nc1ccc(-c2cn3ccsc3n2)cc1. The van der Waals surface area contributed by atoms with Crippen LogP contribution >= 0.6 is 11.3 Å². The van der Waals surface area contributed by atoms with E-state index in [1.165, 1.54) is 0 Å². The molecule has 0 aliphatic carbocycles. The van der Waals surface area contributed by atoms with Gasteiger partial charge in [-0.2, -0.15) is 0 Å². The highest BCUT2D eigenvalue weighted by atomic mass is 32.1. The van der Waals surface area contributed by atoms with Gasteiger partial charge in [0.2, 0.25) is 5.91 Å². The smallest absolute Gasteiger partial charge is 0.227 e. The van der Waals surface area contributed by atoms with E-state index in [9.17, 15) is 4.79 Å². The molecule has 0 atom stereocenters. The summed E-state index contributed by atoms with van der Waals surface area (Å²) in [4.78, 5) is 17.6. The first-order valence-electron chi connectivity index (χ1n) is 8.28. The summed E-state index contributed by atoms with van der Waals surface area (Å²) in [6, 6.07) is 17.2. The number of benzene rings is 2. The van der Waals surface area contributed by atoms with Crippen LogP contribution in [0, 0.1) is 0 Å². The molecule has 2 heterocycles. The minimum Gasteiger partial charge on any atom is -0.493 e. The van der Waals surface area contributed by atoms with Crippen molar-refractivity contribution in [3.63, 3.8) is 0 Å². The van der Waals surface area contributed by atoms with Gasteiger partial charge in [0, 0.05) is 29.0 Å². The maximum atomic E-state index is 12.0. The first-order chi connectivity index (χ1) is 12.8. The molecule has 6 heteroatoms. The van der Waals surface area contributed by atoms with Gasteiger partial charge < -0.3 is 10.1 Å². The van der Waals surface area contributed by atoms with Crippen molar-refractivity contribution in [1.82, 2.24) is 9.38 Å². The molecule has 2 aromatic carbocycles. The lowest BCUT2D eigenvalue weighted by Gasteiger charge is -2.07. The third-order valence-corrected chi connectivity index (χ3v) is 4.67. The molecule has 0 bridgehead atoms. The highest BCUT2D eigenvalue weighted by Gasteiger charge is 2.07. The minimum absolute atomic E-state index is 0.0730. The second-order valence-electron chi connectivity index (χ2n) is 5.76. The number of nitrogens with one attached hydrogen (secondary N) is 1. The van der Waals surface area contributed by atoms with Crippen molar-refractivity contribution in [3.05, 3.63) is 72.4 Å². The molecule has 0 aliphatic heterocycles. The number of nitrogens with zero attached hydrogens (tertiary/aromatic N) is 2. The van der Waals surface area contributed by atoms with Crippen molar-refractivity contribution in [2.24, 2.45) is 0 Å². The molecule has 4 aromatic rings. The van der Waals surface area contributed by atoms with Crippen LogP contribution in [-0.2, 0) is 4.79 Å². The molecule has 26 heavy (non-hydrogen) atoms. The molecule has 0 saturated heterocycles. The summed E-state index contributed by atoms with van der Waals surface area (Å²) >= 11 is 1.60. The van der Waals surface area contributed by atoms with Gasteiger partial charge in [-0.1, -0.05) is 30.3 Å². The minimum atomic E-state index is -0.0730. The zero-order chi connectivity index (χ0) is 17.8. The van der Waals surface area contributed by atoms with Crippen LogP contribution in [0.3, 0.4) is 0 Å². The summed E-state index contributed by atoms with van der Waals surface area (Å²) in [6.45, 7) is 0.347. The number of amides is 1. The summed E-state index contributed by atoms with van der Waals surface area (Å²) in [5, 5.41) is 4.89. The van der Waals surface area contributed by atoms with E-state index >= 15 is 0 Å². The van der Waals surface area contributed by atoms with Gasteiger partial charge in [0.15, 0.2) is 4.96 Å². The fraction of sp³-hybridized carbons (Fsp3) is 0.100. The van der Waals surface area contributed by atoms with Gasteiger partial charge in [0.25, 0.3) is 0 Å². The van der Waals surface area contributed by atoms with Gasteiger partial charge in [0.1, 0.15) is 5.75 Å². The fourth-order valence-corrected chi connectivity index (χ4v) is 3.29. The van der Waals surface area contributed by atoms with Crippen molar-refractivity contribution >= 4 is 27.9 Å². The molecule has 0 radical (unpaired) electrons. The molecule has 4 rings (SSSR count). The lowest BCUT2D eigenvalue weighted by atomic mass is 10.1. The Balaban J connectivity index is 1.32. The number of para-hydroxylation sites is 1. The first kappa shape index (κ1) is 16.4. The molecule has 2 aromatic heterocycles. The van der Waals surface area contributed by atoms with Crippen molar-refractivity contribution in [2.45, 2.75) is 6.42 Å². The number of rotatable bonds is 6. The lowest BCUT2D eigenvalue weighted by molar-refractivity contribution is -0.116. The highest BCUT2D eigenvalue weighted by molar-refractivity contribution is 7.15. The molecule has 0 unspecified atom stereocenters. The van der Waals surface area contributed by atoms with Crippen molar-refractivity contribution in [2.75, 3.05) is 11.9 Å². The zero-order valence-electron chi connectivity index (χ0n) is 14.0. The Morgan fingerprint density at radius 3 is 2.69 bits per heavy atom. The zero-order valence-corrected chi connectivity index (χ0v) is 14.8. The van der Waals surface area contributed by atoms with Gasteiger partial charge >= 0.3 is 0 Å². The van der Waals surface area contributed by atoms with Crippen LogP contribution in [0.2, 0.25) is 0 Å². The number of fused-ring (bicyclic) bond motifs is 1. The molecule has 1 amide bonds. The third kappa shape index (κ3) is 3.75. The van der Waals surface area contributed by atoms with Gasteiger partial charge in [-0.3, -0.25) is 9.20 Å². The summed E-state index contributed by atoms with van der Waals surface area (Å²) in [7, 11) is 0. The lowest BCUT2D eigenvalue weighted by Crippen LogP contribution is -2.15. The van der Waals surface area contributed by atoms with Crippen molar-refractivity contribution < 1.29 is 9.53 Å². The number of hydrogen-bond donors (Lipinski definition) is 1. The number of carbonyl (C=O) groups excluding carboxylic acids is 1. The third-order valence-electron chi connectivity index (χ3n) is 3.90. The van der Waals surface area contributed by atoms with Crippen LogP contribution in [0.4, 0.5) is 5.69 Å². The summed E-state index contributed by atoms with van der Waals surface area (Å²) in [5.74, 6) is 0.695. The number of carbonyl (C=O) groups is 1. The Kier molecular flexibility index (Phi) is 4.66. The highest BCUT2D eigenvalue weighted by Crippen LogP contribution is 2.23. The summed E-state index contributed by atoms with van der Waals surface area (Å²) in [6.07, 6.45) is 4.29. The molecular weight excluding hydrogens is 346 g/mol. The predicted molar refractivity (Wildman–Crippen MR) is 104 cm³/mol. The number of aromatic nitrogens is 2. The second-order valence-corrected chi connectivity index (χ2v) is 6.63. The van der Waals surface area contributed by atoms with Crippen LogP contribution < -0.4 is 10.1 Å². The van der Waals surface area contributed by atoms with E-state index in [1.54, 1.807) is 11.3 Å². The predicted octanol–water partition coefficient (Wildman–Crippen LogP) is 4.47. The van der Waals surface area contributed by atoms with E-state index in [2.05, 4.69) is 10.3 Å². The maximum Gasteiger partial charge on any atom is 0.227 e. The average molecular weight is 363 g/mol. The van der Waals surface area contributed by atoms with E-state index < -0.39 is 0 Å². The van der Waals surface area contributed by atoms with E-state index in [4.69, 9.17) is 4.74 Å². The molecule has 1 N–H and O–H groups in total. The molecular formula is C20H17N3O2S. The van der Waals surface area contributed by atoms with E-state index in [-0.39, 0.29) is 5.91 Å². The average Bonchev–Trinajstić information content (AvgIpc) is 3.25. The van der Waals surface area contributed by atoms with Crippen LogP contribution in [0.1, 0.15) is 6.42 Å². The Labute approximate surface area is 154 Å². The Bertz CT molecular complexity index is 978. The van der Waals surface area contributed by atoms with Crippen LogP contribution in [0.15, 0.2) is 72.4 Å². The molecule has 0 spiro atoms. The molecule has 0 aliphatic rings. The monoisotopic (exact) mass is 363 g/mol. The summed E-state index contributed by atoms with van der Waals surface area (Å²) in [5.41, 5.74) is 2.71. The summed E-state index contributed by atoms with van der Waals surface area (Å²) < 4.78 is 7.54. The molecule has 0 fully saturated rings. The molecule has 130 valence electrons. The normalized spacial score (nSPS) is 10.8. The van der Waals surface area contributed by atoms with Crippen LogP contribution in [0.25, 0.3) is 16.2 Å². The van der Waals surface area contributed by atoms with Gasteiger partial charge in [-0.25, -0.2) is 4.98 Å². The number of thiazole rings is 1. The molecule has 5 nitrogen and oxygen atoms in total. The molecule has 0 saturated carbocycles. The number of hydrogen-bond acceptors (Lipinski definition) is 4. The van der Waals surface area contributed by atoms with E-state index in [0.717, 1.165) is 27.7 Å². The van der Waals surface area contributed by atoms with Gasteiger partial charge in [0.05, 0.1) is 18.7 Å². The fourth-order valence-electron chi connectivity index (χ4n) is 2.59. The quantitative estimate of drug-likeness (QED) is 0.550. The van der Waals surface area contributed by atoms with Crippen LogP contribution in [-0.4, -0.2) is 21.9 Å². The van der Waals surface area contributed by atoms with Gasteiger partial charge in [-0.15, -0.1) is 11.3 Å². The Hall–Kier alpha value is -3.12.